The van der Waals surface area contributed by atoms with Crippen molar-refractivity contribution in [1.82, 2.24) is 5.32 Å². The molecule has 136 valence electrons. The molecular formula is C22H32N2O. The van der Waals surface area contributed by atoms with Gasteiger partial charge in [-0.25, -0.2) is 0 Å². The van der Waals surface area contributed by atoms with Crippen molar-refractivity contribution in [1.29, 1.82) is 0 Å². The average molecular weight is 341 g/mol. The number of benzene rings is 1. The fraction of sp³-hybridized carbons (Fsp3) is 0.727. The lowest BCUT2D eigenvalue weighted by molar-refractivity contribution is 0.0795. The number of fused-ring (bicyclic) bond motifs is 1. The van der Waals surface area contributed by atoms with Crippen LogP contribution in [0, 0.1) is 5.92 Å². The molecule has 1 aromatic rings. The lowest BCUT2D eigenvalue weighted by atomic mass is 9.53. The Kier molecular flexibility index (Phi) is 3.96. The number of phenols is 1. The van der Waals surface area contributed by atoms with Crippen LogP contribution in [-0.4, -0.2) is 30.8 Å². The van der Waals surface area contributed by atoms with Crippen molar-refractivity contribution in [2.24, 2.45) is 5.92 Å². The zero-order chi connectivity index (χ0) is 16.9. The van der Waals surface area contributed by atoms with E-state index < -0.39 is 0 Å². The van der Waals surface area contributed by atoms with Gasteiger partial charge < -0.3 is 15.3 Å². The Balaban J connectivity index is 1.57. The fourth-order valence-electron chi connectivity index (χ4n) is 6.52. The second-order valence-electron chi connectivity index (χ2n) is 8.92. The van der Waals surface area contributed by atoms with Gasteiger partial charge in [0, 0.05) is 24.5 Å². The Labute approximate surface area is 151 Å². The largest absolute Gasteiger partial charge is 0.506 e. The summed E-state index contributed by atoms with van der Waals surface area (Å²) in [5, 5.41) is 14.8. The standard InChI is InChI=1S/C22H32N2O/c25-21-15-18-16(14-20(21)24-11-5-1-2-6-12-24)13-19-17-7-3-4-8-22(17,18)9-10-23-19/h14-15,17,19,23,25H,1-13H2/t17-,19+,22+/m0/s1. The van der Waals surface area contributed by atoms with Gasteiger partial charge >= 0.3 is 0 Å². The van der Waals surface area contributed by atoms with Gasteiger partial charge in [0.15, 0.2) is 0 Å². The van der Waals surface area contributed by atoms with E-state index in [1.54, 1.807) is 0 Å². The molecule has 2 aliphatic carbocycles. The second kappa shape index (κ2) is 6.19. The summed E-state index contributed by atoms with van der Waals surface area (Å²) < 4.78 is 0. The molecule has 0 unspecified atom stereocenters. The molecule has 0 radical (unpaired) electrons. The smallest absolute Gasteiger partial charge is 0.139 e. The van der Waals surface area contributed by atoms with Gasteiger partial charge in [0.2, 0.25) is 0 Å². The molecule has 2 N–H and O–H groups in total. The molecule has 2 saturated heterocycles. The van der Waals surface area contributed by atoms with E-state index in [1.165, 1.54) is 68.9 Å². The minimum atomic E-state index is 0.344. The van der Waals surface area contributed by atoms with Crippen molar-refractivity contribution in [3.8, 4) is 5.75 Å². The van der Waals surface area contributed by atoms with Gasteiger partial charge in [-0.2, -0.15) is 0 Å². The molecule has 3 fully saturated rings. The summed E-state index contributed by atoms with van der Waals surface area (Å²) in [6.45, 7) is 3.35. The maximum absolute atomic E-state index is 10.9. The molecule has 4 aliphatic rings. The summed E-state index contributed by atoms with van der Waals surface area (Å²) in [5.74, 6) is 1.32. The first-order chi connectivity index (χ1) is 12.3. The highest BCUT2D eigenvalue weighted by Gasteiger charge is 2.51. The van der Waals surface area contributed by atoms with Crippen LogP contribution in [0.2, 0.25) is 0 Å². The molecule has 25 heavy (non-hydrogen) atoms. The maximum atomic E-state index is 10.9. The normalized spacial score (nSPS) is 34.8. The number of hydrogen-bond donors (Lipinski definition) is 2. The van der Waals surface area contributed by atoms with Crippen molar-refractivity contribution in [2.75, 3.05) is 24.5 Å². The Hall–Kier alpha value is -1.22. The molecule has 3 heteroatoms. The van der Waals surface area contributed by atoms with E-state index in [2.05, 4.69) is 22.3 Å². The monoisotopic (exact) mass is 340 g/mol. The van der Waals surface area contributed by atoms with E-state index in [0.717, 1.165) is 37.7 Å². The highest BCUT2D eigenvalue weighted by Crippen LogP contribution is 2.55. The Morgan fingerprint density at radius 3 is 2.68 bits per heavy atom. The van der Waals surface area contributed by atoms with Gasteiger partial charge in [-0.3, -0.25) is 0 Å². The Morgan fingerprint density at radius 1 is 1.00 bits per heavy atom. The van der Waals surface area contributed by atoms with E-state index in [4.69, 9.17) is 0 Å². The molecule has 3 nitrogen and oxygen atoms in total. The van der Waals surface area contributed by atoms with Crippen LogP contribution in [0.5, 0.6) is 5.75 Å². The number of piperidine rings is 1. The third-order valence-electron chi connectivity index (χ3n) is 7.68. The second-order valence-corrected chi connectivity index (χ2v) is 8.92. The van der Waals surface area contributed by atoms with Crippen molar-refractivity contribution in [3.63, 3.8) is 0 Å². The van der Waals surface area contributed by atoms with E-state index in [1.807, 2.05) is 0 Å². The van der Waals surface area contributed by atoms with Crippen molar-refractivity contribution < 1.29 is 5.11 Å². The minimum Gasteiger partial charge on any atom is -0.506 e. The molecule has 0 spiro atoms. The molecule has 3 atom stereocenters. The summed E-state index contributed by atoms with van der Waals surface area (Å²) >= 11 is 0. The van der Waals surface area contributed by atoms with Crippen LogP contribution in [-0.2, 0) is 11.8 Å². The van der Waals surface area contributed by atoms with Crippen LogP contribution < -0.4 is 10.2 Å². The van der Waals surface area contributed by atoms with Crippen LogP contribution in [0.1, 0.15) is 68.9 Å². The summed E-state index contributed by atoms with van der Waals surface area (Å²) in [7, 11) is 0. The zero-order valence-electron chi connectivity index (χ0n) is 15.4. The third kappa shape index (κ3) is 2.50. The maximum Gasteiger partial charge on any atom is 0.139 e. The van der Waals surface area contributed by atoms with Gasteiger partial charge in [0.05, 0.1) is 5.69 Å². The van der Waals surface area contributed by atoms with Gasteiger partial charge in [-0.15, -0.1) is 0 Å². The summed E-state index contributed by atoms with van der Waals surface area (Å²) in [6.07, 6.45) is 13.0. The molecule has 2 bridgehead atoms. The number of anilines is 1. The molecule has 2 heterocycles. The summed E-state index contributed by atoms with van der Waals surface area (Å²) in [5.41, 5.74) is 4.47. The van der Waals surface area contributed by atoms with E-state index in [0.29, 0.717) is 17.2 Å². The van der Waals surface area contributed by atoms with Crippen molar-refractivity contribution in [2.45, 2.75) is 75.7 Å². The number of phenolic OH excluding ortho intramolecular Hbond substituents is 1. The molecule has 1 saturated carbocycles. The SMILES string of the molecule is Oc1cc2c(cc1N1CCCCCC1)C[C@H]1NCC[C@@]23CCCC[C@@H]13. The van der Waals surface area contributed by atoms with Gasteiger partial charge in [-0.05, 0) is 74.2 Å². The van der Waals surface area contributed by atoms with Crippen molar-refractivity contribution >= 4 is 5.69 Å². The molecule has 0 amide bonds. The number of aromatic hydroxyl groups is 1. The first kappa shape index (κ1) is 16.0. The molecule has 1 aromatic carbocycles. The van der Waals surface area contributed by atoms with Crippen LogP contribution in [0.25, 0.3) is 0 Å². The van der Waals surface area contributed by atoms with Gasteiger partial charge in [0.1, 0.15) is 5.75 Å². The van der Waals surface area contributed by atoms with Gasteiger partial charge in [0.25, 0.3) is 0 Å². The topological polar surface area (TPSA) is 35.5 Å². The van der Waals surface area contributed by atoms with E-state index in [-0.39, 0.29) is 0 Å². The lowest BCUT2D eigenvalue weighted by Crippen LogP contribution is -2.59. The predicted molar refractivity (Wildman–Crippen MR) is 103 cm³/mol. The van der Waals surface area contributed by atoms with Crippen molar-refractivity contribution in [3.05, 3.63) is 23.3 Å². The van der Waals surface area contributed by atoms with Crippen LogP contribution >= 0.6 is 0 Å². The molecule has 0 aromatic heterocycles. The molecule has 5 rings (SSSR count). The predicted octanol–water partition coefficient (Wildman–Crippen LogP) is 4.12. The van der Waals surface area contributed by atoms with Crippen LogP contribution in [0.4, 0.5) is 5.69 Å². The first-order valence-corrected chi connectivity index (χ1v) is 10.6. The molecule has 2 aliphatic heterocycles. The highest BCUT2D eigenvalue weighted by molar-refractivity contribution is 5.63. The highest BCUT2D eigenvalue weighted by atomic mass is 16.3. The average Bonchev–Trinajstić information content (AvgIpc) is 2.91. The third-order valence-corrected chi connectivity index (χ3v) is 7.68. The van der Waals surface area contributed by atoms with Crippen LogP contribution in [0.15, 0.2) is 12.1 Å². The number of nitrogens with one attached hydrogen (secondary N) is 1. The summed E-state index contributed by atoms with van der Waals surface area (Å²) in [6, 6.07) is 5.21. The van der Waals surface area contributed by atoms with Crippen LogP contribution in [0.3, 0.4) is 0 Å². The minimum absolute atomic E-state index is 0.344. The lowest BCUT2D eigenvalue weighted by Gasteiger charge is -2.56. The fourth-order valence-corrected chi connectivity index (χ4v) is 6.52. The number of rotatable bonds is 1. The molecular weight excluding hydrogens is 308 g/mol. The first-order valence-electron chi connectivity index (χ1n) is 10.6. The Morgan fingerprint density at radius 2 is 1.84 bits per heavy atom. The Bertz CT molecular complexity index is 646. The number of nitrogens with zero attached hydrogens (tertiary/aromatic N) is 1. The quantitative estimate of drug-likeness (QED) is 0.807. The van der Waals surface area contributed by atoms with E-state index >= 15 is 0 Å². The zero-order valence-corrected chi connectivity index (χ0v) is 15.4. The van der Waals surface area contributed by atoms with Gasteiger partial charge in [-0.1, -0.05) is 25.7 Å². The summed E-state index contributed by atoms with van der Waals surface area (Å²) in [4.78, 5) is 2.44. The number of hydrogen-bond acceptors (Lipinski definition) is 3. The van der Waals surface area contributed by atoms with E-state index in [9.17, 15) is 5.11 Å².